The molecule has 0 spiro atoms. The van der Waals surface area contributed by atoms with Gasteiger partial charge >= 0.3 is 0 Å². The zero-order valence-corrected chi connectivity index (χ0v) is 12.0. The molecule has 0 aliphatic heterocycles. The van der Waals surface area contributed by atoms with Crippen LogP contribution in [0.2, 0.25) is 0 Å². The largest absolute Gasteiger partial charge is 0.335 e. The molecule has 1 fully saturated rings. The van der Waals surface area contributed by atoms with Crippen molar-refractivity contribution in [3.05, 3.63) is 35.1 Å². The zero-order valence-electron chi connectivity index (χ0n) is 10.5. The second-order valence-corrected chi connectivity index (χ2v) is 5.55. The van der Waals surface area contributed by atoms with Crippen LogP contribution in [0.3, 0.4) is 0 Å². The van der Waals surface area contributed by atoms with Crippen molar-refractivity contribution in [1.82, 2.24) is 4.90 Å². The summed E-state index contributed by atoms with van der Waals surface area (Å²) in [5.74, 6) is -0.601. The monoisotopic (exact) mass is 313 g/mol. The highest BCUT2D eigenvalue weighted by atomic mass is 79.9. The Kier molecular flexibility index (Phi) is 4.38. The molecule has 1 aliphatic carbocycles. The maximum atomic E-state index is 13.8. The summed E-state index contributed by atoms with van der Waals surface area (Å²) in [4.78, 5) is 14.2. The number of nitrogens with zero attached hydrogens (tertiary/aromatic N) is 1. The summed E-state index contributed by atoms with van der Waals surface area (Å²) in [7, 11) is 0. The molecule has 0 radical (unpaired) electrons. The van der Waals surface area contributed by atoms with E-state index in [9.17, 15) is 9.18 Å². The van der Waals surface area contributed by atoms with Crippen molar-refractivity contribution in [2.45, 2.75) is 32.2 Å². The molecular formula is C14H17BrFNO. The molecule has 1 amide bonds. The highest BCUT2D eigenvalue weighted by Crippen LogP contribution is 2.26. The normalized spacial score (nSPS) is 15.3. The van der Waals surface area contributed by atoms with Crippen molar-refractivity contribution in [1.29, 1.82) is 0 Å². The Morgan fingerprint density at radius 3 is 2.72 bits per heavy atom. The summed E-state index contributed by atoms with van der Waals surface area (Å²) in [6, 6.07) is 5.08. The maximum Gasteiger partial charge on any atom is 0.257 e. The van der Waals surface area contributed by atoms with Crippen LogP contribution in [-0.4, -0.2) is 28.7 Å². The molecule has 2 nitrogen and oxygen atoms in total. The van der Waals surface area contributed by atoms with Crippen LogP contribution in [0, 0.1) is 12.7 Å². The molecule has 1 saturated carbocycles. The third kappa shape index (κ3) is 2.74. The number of carbonyl (C=O) groups excluding carboxylic acids is 1. The summed E-state index contributed by atoms with van der Waals surface area (Å²) in [6.07, 6.45) is 3.23. The number of amides is 1. The predicted octanol–water partition coefficient (Wildman–Crippen LogP) is 3.52. The van der Waals surface area contributed by atoms with Gasteiger partial charge in [-0.2, -0.15) is 0 Å². The molecule has 1 aromatic carbocycles. The highest BCUT2D eigenvalue weighted by molar-refractivity contribution is 9.09. The van der Waals surface area contributed by atoms with E-state index in [-0.39, 0.29) is 17.5 Å². The number of benzene rings is 1. The number of hydrogen-bond donors (Lipinski definition) is 0. The first-order valence-electron chi connectivity index (χ1n) is 6.26. The second-order valence-electron chi connectivity index (χ2n) is 4.76. The predicted molar refractivity (Wildman–Crippen MR) is 73.6 cm³/mol. The summed E-state index contributed by atoms with van der Waals surface area (Å²) in [5.41, 5.74) is 1.02. The van der Waals surface area contributed by atoms with Crippen molar-refractivity contribution in [3.8, 4) is 0 Å². The van der Waals surface area contributed by atoms with E-state index in [0.29, 0.717) is 6.54 Å². The van der Waals surface area contributed by atoms with Crippen molar-refractivity contribution in [2.75, 3.05) is 11.9 Å². The van der Waals surface area contributed by atoms with E-state index >= 15 is 0 Å². The maximum absolute atomic E-state index is 13.8. The van der Waals surface area contributed by atoms with Crippen molar-refractivity contribution in [3.63, 3.8) is 0 Å². The molecule has 0 N–H and O–H groups in total. The Labute approximate surface area is 115 Å². The first kappa shape index (κ1) is 13.5. The van der Waals surface area contributed by atoms with Gasteiger partial charge in [-0.3, -0.25) is 4.79 Å². The van der Waals surface area contributed by atoms with Crippen LogP contribution >= 0.6 is 15.9 Å². The van der Waals surface area contributed by atoms with Crippen molar-refractivity contribution < 1.29 is 9.18 Å². The van der Waals surface area contributed by atoms with Crippen LogP contribution < -0.4 is 0 Å². The van der Waals surface area contributed by atoms with Gasteiger partial charge < -0.3 is 4.90 Å². The van der Waals surface area contributed by atoms with Gasteiger partial charge in [0.15, 0.2) is 0 Å². The van der Waals surface area contributed by atoms with Gasteiger partial charge in [0, 0.05) is 17.9 Å². The van der Waals surface area contributed by atoms with Crippen LogP contribution in [0.5, 0.6) is 0 Å². The Bertz CT molecular complexity index is 445. The highest BCUT2D eigenvalue weighted by Gasteiger charge is 2.29. The van der Waals surface area contributed by atoms with Gasteiger partial charge in [0.25, 0.3) is 5.91 Å². The Balaban J connectivity index is 2.21. The molecular weight excluding hydrogens is 297 g/mol. The number of alkyl halides is 1. The van der Waals surface area contributed by atoms with Crippen molar-refractivity contribution in [2.24, 2.45) is 0 Å². The molecule has 2 rings (SSSR count). The van der Waals surface area contributed by atoms with E-state index in [2.05, 4.69) is 15.9 Å². The smallest absolute Gasteiger partial charge is 0.257 e. The van der Waals surface area contributed by atoms with E-state index in [1.807, 2.05) is 6.92 Å². The number of carbonyl (C=O) groups is 1. The van der Waals surface area contributed by atoms with E-state index in [1.54, 1.807) is 17.0 Å². The molecule has 0 unspecified atom stereocenters. The molecule has 18 heavy (non-hydrogen) atoms. The minimum atomic E-state index is -0.418. The van der Waals surface area contributed by atoms with Crippen LogP contribution in [0.25, 0.3) is 0 Å². The fourth-order valence-electron chi connectivity index (χ4n) is 2.19. The molecule has 0 saturated heterocycles. The Morgan fingerprint density at radius 1 is 1.50 bits per heavy atom. The van der Waals surface area contributed by atoms with E-state index in [1.165, 1.54) is 6.07 Å². The van der Waals surface area contributed by atoms with Crippen LogP contribution in [0.4, 0.5) is 4.39 Å². The molecule has 1 aliphatic rings. The molecule has 98 valence electrons. The zero-order chi connectivity index (χ0) is 13.1. The van der Waals surface area contributed by atoms with Gasteiger partial charge in [-0.25, -0.2) is 4.39 Å². The summed E-state index contributed by atoms with van der Waals surface area (Å²) < 4.78 is 13.8. The molecule has 0 atom stereocenters. The average Bonchev–Trinajstić information content (AvgIpc) is 2.25. The third-order valence-electron chi connectivity index (χ3n) is 3.46. The first-order chi connectivity index (χ1) is 8.63. The van der Waals surface area contributed by atoms with Crippen LogP contribution in [0.15, 0.2) is 18.2 Å². The number of aryl methyl sites for hydroxylation is 1. The minimum Gasteiger partial charge on any atom is -0.335 e. The first-order valence-corrected chi connectivity index (χ1v) is 7.38. The molecule has 1 aromatic rings. The van der Waals surface area contributed by atoms with Gasteiger partial charge in [-0.15, -0.1) is 0 Å². The lowest BCUT2D eigenvalue weighted by Crippen LogP contribution is -2.45. The summed E-state index contributed by atoms with van der Waals surface area (Å²) >= 11 is 3.35. The summed E-state index contributed by atoms with van der Waals surface area (Å²) in [6.45, 7) is 2.45. The number of halogens is 2. The molecule has 4 heteroatoms. The van der Waals surface area contributed by atoms with Gasteiger partial charge in [-0.05, 0) is 43.9 Å². The lowest BCUT2D eigenvalue weighted by molar-refractivity contribution is 0.0595. The van der Waals surface area contributed by atoms with Crippen molar-refractivity contribution >= 4 is 21.8 Å². The topological polar surface area (TPSA) is 20.3 Å². The van der Waals surface area contributed by atoms with Gasteiger partial charge in [0.2, 0.25) is 0 Å². The quantitative estimate of drug-likeness (QED) is 0.779. The van der Waals surface area contributed by atoms with Crippen LogP contribution in [0.1, 0.15) is 35.2 Å². The lowest BCUT2D eigenvalue weighted by atomic mass is 9.91. The van der Waals surface area contributed by atoms with E-state index in [4.69, 9.17) is 0 Å². The van der Waals surface area contributed by atoms with E-state index in [0.717, 1.165) is 30.2 Å². The van der Waals surface area contributed by atoms with Gasteiger partial charge in [0.05, 0.1) is 5.56 Å². The molecule has 0 aromatic heterocycles. The lowest BCUT2D eigenvalue weighted by Gasteiger charge is -2.37. The van der Waals surface area contributed by atoms with E-state index < -0.39 is 5.82 Å². The minimum absolute atomic E-state index is 0.184. The second kappa shape index (κ2) is 5.83. The van der Waals surface area contributed by atoms with Gasteiger partial charge in [0.1, 0.15) is 5.82 Å². The Morgan fingerprint density at radius 2 is 2.22 bits per heavy atom. The molecule has 0 bridgehead atoms. The van der Waals surface area contributed by atoms with Crippen LogP contribution in [-0.2, 0) is 0 Å². The Hall–Kier alpha value is -0.900. The third-order valence-corrected chi connectivity index (χ3v) is 3.81. The fraction of sp³-hybridized carbons (Fsp3) is 0.500. The SMILES string of the molecule is Cc1ccc(C(=O)N(CCBr)C2CCC2)c(F)c1. The summed E-state index contributed by atoms with van der Waals surface area (Å²) in [5, 5.41) is 0.725. The fourth-order valence-corrected chi connectivity index (χ4v) is 2.57. The standard InChI is InChI=1S/C14H17BrFNO/c1-10-5-6-12(13(16)9-10)14(18)17(8-7-15)11-3-2-4-11/h5-6,9,11H,2-4,7-8H2,1H3. The molecule has 0 heterocycles. The number of hydrogen-bond acceptors (Lipinski definition) is 1. The van der Waals surface area contributed by atoms with Gasteiger partial charge in [-0.1, -0.05) is 22.0 Å². The number of rotatable bonds is 4. The average molecular weight is 314 g/mol.